The molecule has 1 fully saturated rings. The smallest absolute Gasteiger partial charge is 0.198 e. The number of fused-ring (bicyclic) bond motifs is 5. The van der Waals surface area contributed by atoms with Gasteiger partial charge in [0.05, 0.1) is 16.8 Å². The van der Waals surface area contributed by atoms with Gasteiger partial charge in [-0.25, -0.2) is 5.01 Å². The number of ether oxygens (including phenoxy) is 1. The molecule has 3 aromatic rings. The predicted octanol–water partition coefficient (Wildman–Crippen LogP) is 7.35. The van der Waals surface area contributed by atoms with Crippen LogP contribution in [0.5, 0.6) is 5.75 Å². The molecule has 6 rings (SSSR count). The van der Waals surface area contributed by atoms with Crippen LogP contribution >= 0.6 is 23.2 Å². The van der Waals surface area contributed by atoms with Crippen molar-refractivity contribution in [3.8, 4) is 5.75 Å². The summed E-state index contributed by atoms with van der Waals surface area (Å²) in [7, 11) is 0. The van der Waals surface area contributed by atoms with Crippen molar-refractivity contribution in [2.24, 2.45) is 5.10 Å². The minimum absolute atomic E-state index is 0.101. The first-order valence-corrected chi connectivity index (χ1v) is 11.4. The Morgan fingerprint density at radius 1 is 0.933 bits per heavy atom. The second-order valence-electron chi connectivity index (χ2n) is 8.59. The van der Waals surface area contributed by atoms with E-state index in [9.17, 15) is 0 Å². The Balaban J connectivity index is 1.47. The first-order valence-electron chi connectivity index (χ1n) is 10.7. The van der Waals surface area contributed by atoms with Crippen molar-refractivity contribution < 1.29 is 4.74 Å². The molecule has 0 radical (unpaired) electrons. The van der Waals surface area contributed by atoms with Gasteiger partial charge in [0.2, 0.25) is 0 Å². The molecule has 5 heteroatoms. The Morgan fingerprint density at radius 2 is 1.73 bits per heavy atom. The van der Waals surface area contributed by atoms with Crippen LogP contribution in [0.4, 0.5) is 0 Å². The molecular formula is C25H22Cl2N2O. The van der Waals surface area contributed by atoms with Gasteiger partial charge < -0.3 is 4.74 Å². The van der Waals surface area contributed by atoms with E-state index >= 15 is 0 Å². The zero-order valence-electron chi connectivity index (χ0n) is 16.6. The molecular weight excluding hydrogens is 415 g/mol. The largest absolute Gasteiger partial charge is 0.465 e. The van der Waals surface area contributed by atoms with E-state index in [1.807, 2.05) is 6.07 Å². The molecule has 1 aliphatic carbocycles. The first-order chi connectivity index (χ1) is 14.6. The third-order valence-electron chi connectivity index (χ3n) is 6.73. The molecule has 2 aliphatic heterocycles. The van der Waals surface area contributed by atoms with Crippen LogP contribution in [0.2, 0.25) is 10.0 Å². The molecule has 1 atom stereocenters. The molecule has 0 N–H and O–H groups in total. The van der Waals surface area contributed by atoms with E-state index in [0.29, 0.717) is 10.0 Å². The number of hydrogen-bond acceptors (Lipinski definition) is 3. The Morgan fingerprint density at radius 3 is 2.57 bits per heavy atom. The fraction of sp³-hybridized carbons (Fsp3) is 0.320. The third-order valence-corrected chi connectivity index (χ3v) is 7.23. The lowest BCUT2D eigenvalue weighted by Crippen LogP contribution is -2.54. The lowest BCUT2D eigenvalue weighted by atomic mass is 9.86. The van der Waals surface area contributed by atoms with Gasteiger partial charge in [0.15, 0.2) is 5.72 Å². The summed E-state index contributed by atoms with van der Waals surface area (Å²) in [5.74, 6) is 0.791. The van der Waals surface area contributed by atoms with Crippen molar-refractivity contribution in [3.05, 3.63) is 75.8 Å². The van der Waals surface area contributed by atoms with E-state index in [-0.39, 0.29) is 6.04 Å². The molecule has 0 saturated heterocycles. The molecule has 0 aromatic heterocycles. The van der Waals surface area contributed by atoms with Gasteiger partial charge in [0.25, 0.3) is 0 Å². The maximum Gasteiger partial charge on any atom is 0.198 e. The maximum atomic E-state index is 6.64. The van der Waals surface area contributed by atoms with Crippen LogP contribution < -0.4 is 4.74 Å². The quantitative estimate of drug-likeness (QED) is 0.398. The lowest BCUT2D eigenvalue weighted by molar-refractivity contribution is -0.140. The van der Waals surface area contributed by atoms with Crippen molar-refractivity contribution in [1.29, 1.82) is 0 Å². The Hall–Kier alpha value is -2.23. The normalized spacial score (nSPS) is 21.9. The second-order valence-corrected chi connectivity index (χ2v) is 9.43. The minimum atomic E-state index is -0.411. The van der Waals surface area contributed by atoms with Gasteiger partial charge in [-0.3, -0.25) is 0 Å². The van der Waals surface area contributed by atoms with Crippen molar-refractivity contribution in [3.63, 3.8) is 0 Å². The molecule has 0 amide bonds. The summed E-state index contributed by atoms with van der Waals surface area (Å²) < 4.78 is 6.64. The molecule has 1 saturated carbocycles. The fourth-order valence-corrected chi connectivity index (χ4v) is 5.83. The van der Waals surface area contributed by atoms with Crippen molar-refractivity contribution in [2.75, 3.05) is 0 Å². The third kappa shape index (κ3) is 2.83. The summed E-state index contributed by atoms with van der Waals surface area (Å²) in [5.41, 5.74) is 2.90. The summed E-state index contributed by atoms with van der Waals surface area (Å²) in [4.78, 5) is 0. The van der Waals surface area contributed by atoms with Crippen molar-refractivity contribution in [2.45, 2.75) is 50.3 Å². The average molecular weight is 437 g/mol. The molecule has 2 heterocycles. The molecule has 1 spiro atoms. The van der Waals surface area contributed by atoms with Gasteiger partial charge in [-0.15, -0.1) is 0 Å². The highest BCUT2D eigenvalue weighted by Gasteiger charge is 2.51. The van der Waals surface area contributed by atoms with Crippen LogP contribution in [0.1, 0.15) is 55.7 Å². The molecule has 0 unspecified atom stereocenters. The number of rotatable bonds is 1. The van der Waals surface area contributed by atoms with Gasteiger partial charge in [-0.1, -0.05) is 66.0 Å². The van der Waals surface area contributed by atoms with E-state index in [4.69, 9.17) is 33.0 Å². The van der Waals surface area contributed by atoms with E-state index in [0.717, 1.165) is 49.1 Å². The van der Waals surface area contributed by atoms with Crippen LogP contribution in [0.25, 0.3) is 10.8 Å². The van der Waals surface area contributed by atoms with E-state index < -0.39 is 5.72 Å². The monoisotopic (exact) mass is 436 g/mol. The average Bonchev–Trinajstić information content (AvgIpc) is 3.22. The molecule has 30 heavy (non-hydrogen) atoms. The Kier molecular flexibility index (Phi) is 4.26. The molecule has 3 aromatic carbocycles. The lowest BCUT2D eigenvalue weighted by Gasteiger charge is -2.49. The zero-order chi connectivity index (χ0) is 20.3. The molecule has 3 nitrogen and oxygen atoms in total. The van der Waals surface area contributed by atoms with Gasteiger partial charge in [-0.05, 0) is 47.4 Å². The van der Waals surface area contributed by atoms with Crippen LogP contribution in [-0.2, 0) is 0 Å². The van der Waals surface area contributed by atoms with Gasteiger partial charge in [0, 0.05) is 29.8 Å². The fourth-order valence-electron chi connectivity index (χ4n) is 5.28. The van der Waals surface area contributed by atoms with E-state index in [1.165, 1.54) is 22.8 Å². The Bertz CT molecular complexity index is 1180. The summed E-state index contributed by atoms with van der Waals surface area (Å²) >= 11 is 13.0. The number of halogens is 2. The van der Waals surface area contributed by atoms with Gasteiger partial charge >= 0.3 is 0 Å². The highest BCUT2D eigenvalue weighted by molar-refractivity contribution is 6.35. The van der Waals surface area contributed by atoms with E-state index in [1.54, 1.807) is 6.07 Å². The van der Waals surface area contributed by atoms with Crippen molar-refractivity contribution >= 4 is 39.7 Å². The van der Waals surface area contributed by atoms with Crippen LogP contribution in [0.3, 0.4) is 0 Å². The standard InChI is InChI=1S/C25H22Cl2N2O/c26-19-13-20-23-15-22(18-9-8-16-6-2-3-7-17(16)12-18)28-29(23)25(10-4-1-5-11-25)30-24(20)21(27)14-19/h2-3,6-9,12-14,23H,1,4-5,10-11,15H2/t23-/m0/s1. The Labute approximate surface area is 186 Å². The molecule has 3 aliphatic rings. The van der Waals surface area contributed by atoms with Crippen molar-refractivity contribution in [1.82, 2.24) is 5.01 Å². The second kappa shape index (κ2) is 6.90. The predicted molar refractivity (Wildman–Crippen MR) is 123 cm³/mol. The zero-order valence-corrected chi connectivity index (χ0v) is 18.1. The first kappa shape index (κ1) is 18.5. The number of benzene rings is 3. The topological polar surface area (TPSA) is 24.8 Å². The highest BCUT2D eigenvalue weighted by atomic mass is 35.5. The number of hydrogen-bond donors (Lipinski definition) is 0. The summed E-state index contributed by atoms with van der Waals surface area (Å²) in [5, 5.41) is 11.1. The number of nitrogens with zero attached hydrogens (tertiary/aromatic N) is 2. The minimum Gasteiger partial charge on any atom is -0.465 e. The molecule has 0 bridgehead atoms. The SMILES string of the molecule is Clc1cc(Cl)c2c(c1)[C@@H]1CC(c3ccc4ccccc4c3)=NN1C1(CCCCC1)O2. The number of hydrazone groups is 1. The maximum absolute atomic E-state index is 6.64. The summed E-state index contributed by atoms with van der Waals surface area (Å²) in [6.07, 6.45) is 6.29. The van der Waals surface area contributed by atoms with Gasteiger partial charge in [0.1, 0.15) is 5.75 Å². The van der Waals surface area contributed by atoms with Gasteiger partial charge in [-0.2, -0.15) is 5.10 Å². The molecule has 152 valence electrons. The van der Waals surface area contributed by atoms with E-state index in [2.05, 4.69) is 47.5 Å². The van der Waals surface area contributed by atoms with Crippen LogP contribution in [0.15, 0.2) is 59.7 Å². The highest BCUT2D eigenvalue weighted by Crippen LogP contribution is 2.53. The van der Waals surface area contributed by atoms with Crippen LogP contribution in [0, 0.1) is 0 Å². The van der Waals surface area contributed by atoms with Crippen LogP contribution in [-0.4, -0.2) is 16.4 Å². The summed E-state index contributed by atoms with van der Waals surface area (Å²) in [6.45, 7) is 0. The summed E-state index contributed by atoms with van der Waals surface area (Å²) in [6, 6.07) is 18.9.